The van der Waals surface area contributed by atoms with Crippen molar-refractivity contribution in [1.29, 1.82) is 5.41 Å². The topological polar surface area (TPSA) is 81.1 Å². The Bertz CT molecular complexity index is 634. The Morgan fingerprint density at radius 1 is 1.26 bits per heavy atom. The Labute approximate surface area is 110 Å². The third-order valence-electron chi connectivity index (χ3n) is 2.64. The van der Waals surface area contributed by atoms with E-state index in [1.807, 2.05) is 0 Å². The molecular formula is C14H15N3O2. The highest BCUT2D eigenvalue weighted by Crippen LogP contribution is 2.12. The highest BCUT2D eigenvalue weighted by Gasteiger charge is 2.00. The molecule has 19 heavy (non-hydrogen) atoms. The van der Waals surface area contributed by atoms with Crippen LogP contribution in [0.1, 0.15) is 5.56 Å². The van der Waals surface area contributed by atoms with Crippen LogP contribution in [0.15, 0.2) is 53.5 Å². The molecule has 3 N–H and O–H groups in total. The largest absolute Gasteiger partial charge is 0.492 e. The third-order valence-corrected chi connectivity index (χ3v) is 2.64. The van der Waals surface area contributed by atoms with Crippen LogP contribution in [0.5, 0.6) is 5.75 Å². The average Bonchev–Trinajstić information content (AvgIpc) is 2.41. The van der Waals surface area contributed by atoms with E-state index in [2.05, 4.69) is 0 Å². The number of nitrogens with one attached hydrogen (secondary N) is 1. The van der Waals surface area contributed by atoms with Crippen LogP contribution in [0.3, 0.4) is 0 Å². The van der Waals surface area contributed by atoms with Gasteiger partial charge in [-0.15, -0.1) is 0 Å². The zero-order valence-electron chi connectivity index (χ0n) is 10.4. The molecule has 2 aromatic rings. The Kier molecular flexibility index (Phi) is 3.97. The summed E-state index contributed by atoms with van der Waals surface area (Å²) < 4.78 is 7.12. The third kappa shape index (κ3) is 3.45. The molecule has 5 heteroatoms. The summed E-state index contributed by atoms with van der Waals surface area (Å²) in [5.74, 6) is 0.640. The molecule has 0 bridgehead atoms. The van der Waals surface area contributed by atoms with Crippen LogP contribution >= 0.6 is 0 Å². The average molecular weight is 257 g/mol. The Hall–Kier alpha value is -2.56. The predicted molar refractivity (Wildman–Crippen MR) is 73.7 cm³/mol. The van der Waals surface area contributed by atoms with Crippen LogP contribution in [0.2, 0.25) is 0 Å². The van der Waals surface area contributed by atoms with E-state index in [0.717, 1.165) is 0 Å². The lowest BCUT2D eigenvalue weighted by Crippen LogP contribution is -2.21. The van der Waals surface area contributed by atoms with Crippen molar-refractivity contribution in [3.05, 3.63) is 64.6 Å². The molecule has 0 aliphatic carbocycles. The maximum atomic E-state index is 11.5. The van der Waals surface area contributed by atoms with Gasteiger partial charge in [0, 0.05) is 17.8 Å². The first-order valence-corrected chi connectivity index (χ1v) is 5.89. The van der Waals surface area contributed by atoms with Crippen molar-refractivity contribution in [3.63, 3.8) is 0 Å². The van der Waals surface area contributed by atoms with Gasteiger partial charge in [-0.05, 0) is 18.2 Å². The molecule has 0 atom stereocenters. The van der Waals surface area contributed by atoms with Crippen molar-refractivity contribution in [2.24, 2.45) is 5.73 Å². The van der Waals surface area contributed by atoms with Gasteiger partial charge in [0.05, 0.1) is 6.54 Å². The molecule has 2 rings (SSSR count). The summed E-state index contributed by atoms with van der Waals surface area (Å²) in [6.07, 6.45) is 1.72. The first kappa shape index (κ1) is 12.9. The van der Waals surface area contributed by atoms with Crippen LogP contribution < -0.4 is 16.0 Å². The van der Waals surface area contributed by atoms with Crippen molar-refractivity contribution in [2.45, 2.75) is 6.54 Å². The SMILES string of the molecule is N=C(N)c1cccc(OCCn2ccccc2=O)c1. The molecule has 0 unspecified atom stereocenters. The number of hydrogen-bond donors (Lipinski definition) is 2. The minimum Gasteiger partial charge on any atom is -0.492 e. The van der Waals surface area contributed by atoms with E-state index in [0.29, 0.717) is 24.5 Å². The van der Waals surface area contributed by atoms with Crippen LogP contribution in [0.25, 0.3) is 0 Å². The number of nitrogens with zero attached hydrogens (tertiary/aromatic N) is 1. The summed E-state index contributed by atoms with van der Waals surface area (Å²) in [5.41, 5.74) is 5.97. The Balaban J connectivity index is 1.96. The molecular weight excluding hydrogens is 242 g/mol. The monoisotopic (exact) mass is 257 g/mol. The van der Waals surface area contributed by atoms with E-state index in [1.165, 1.54) is 6.07 Å². The van der Waals surface area contributed by atoms with E-state index >= 15 is 0 Å². The lowest BCUT2D eigenvalue weighted by atomic mass is 10.2. The van der Waals surface area contributed by atoms with E-state index in [-0.39, 0.29) is 11.4 Å². The number of nitrogen functional groups attached to an aromatic ring is 1. The van der Waals surface area contributed by atoms with Gasteiger partial charge in [-0.25, -0.2) is 0 Å². The summed E-state index contributed by atoms with van der Waals surface area (Å²) >= 11 is 0. The van der Waals surface area contributed by atoms with Gasteiger partial charge in [-0.3, -0.25) is 10.2 Å². The van der Waals surface area contributed by atoms with E-state index in [9.17, 15) is 4.79 Å². The summed E-state index contributed by atoms with van der Waals surface area (Å²) in [4.78, 5) is 11.5. The molecule has 0 saturated carbocycles. The molecule has 1 aromatic heterocycles. The van der Waals surface area contributed by atoms with Crippen molar-refractivity contribution >= 4 is 5.84 Å². The zero-order chi connectivity index (χ0) is 13.7. The first-order chi connectivity index (χ1) is 9.16. The molecule has 0 amide bonds. The molecule has 0 fully saturated rings. The van der Waals surface area contributed by atoms with Gasteiger partial charge in [0.1, 0.15) is 18.2 Å². The quantitative estimate of drug-likeness (QED) is 0.624. The van der Waals surface area contributed by atoms with Gasteiger partial charge in [-0.2, -0.15) is 0 Å². The molecule has 1 heterocycles. The normalized spacial score (nSPS) is 10.1. The van der Waals surface area contributed by atoms with Crippen LogP contribution in [0.4, 0.5) is 0 Å². The van der Waals surface area contributed by atoms with Crippen LogP contribution in [-0.2, 0) is 6.54 Å². The smallest absolute Gasteiger partial charge is 0.250 e. The number of aromatic nitrogens is 1. The molecule has 0 spiro atoms. The summed E-state index contributed by atoms with van der Waals surface area (Å²) in [5, 5.41) is 7.35. The molecule has 0 aliphatic rings. The lowest BCUT2D eigenvalue weighted by molar-refractivity contribution is 0.296. The summed E-state index contributed by atoms with van der Waals surface area (Å²) in [6, 6.07) is 12.0. The summed E-state index contributed by atoms with van der Waals surface area (Å²) in [7, 11) is 0. The van der Waals surface area contributed by atoms with Crippen molar-refractivity contribution in [3.8, 4) is 5.75 Å². The Morgan fingerprint density at radius 2 is 2.11 bits per heavy atom. The van der Waals surface area contributed by atoms with Gasteiger partial charge < -0.3 is 15.0 Å². The van der Waals surface area contributed by atoms with Gasteiger partial charge >= 0.3 is 0 Å². The lowest BCUT2D eigenvalue weighted by Gasteiger charge is -2.09. The highest BCUT2D eigenvalue weighted by molar-refractivity contribution is 5.95. The fourth-order valence-electron chi connectivity index (χ4n) is 1.66. The van der Waals surface area contributed by atoms with Crippen molar-refractivity contribution < 1.29 is 4.74 Å². The van der Waals surface area contributed by atoms with Gasteiger partial charge in [0.15, 0.2) is 0 Å². The fraction of sp³-hybridized carbons (Fsp3) is 0.143. The van der Waals surface area contributed by atoms with Gasteiger partial charge in [0.2, 0.25) is 0 Å². The number of amidine groups is 1. The van der Waals surface area contributed by atoms with Gasteiger partial charge in [0.25, 0.3) is 5.56 Å². The second-order valence-corrected chi connectivity index (χ2v) is 4.02. The first-order valence-electron chi connectivity index (χ1n) is 5.89. The van der Waals surface area contributed by atoms with E-state index < -0.39 is 0 Å². The molecule has 5 nitrogen and oxygen atoms in total. The van der Waals surface area contributed by atoms with E-state index in [4.69, 9.17) is 15.9 Å². The maximum absolute atomic E-state index is 11.5. The second kappa shape index (κ2) is 5.86. The van der Waals surface area contributed by atoms with Crippen molar-refractivity contribution in [2.75, 3.05) is 6.61 Å². The van der Waals surface area contributed by atoms with Crippen LogP contribution in [0, 0.1) is 5.41 Å². The number of benzene rings is 1. The molecule has 98 valence electrons. The fourth-order valence-corrected chi connectivity index (χ4v) is 1.66. The number of rotatable bonds is 5. The molecule has 0 aliphatic heterocycles. The zero-order valence-corrected chi connectivity index (χ0v) is 10.4. The minimum atomic E-state index is -0.0522. The minimum absolute atomic E-state index is 0.00438. The second-order valence-electron chi connectivity index (χ2n) is 4.02. The standard InChI is InChI=1S/C14H15N3O2/c15-14(16)11-4-3-5-12(10-11)19-9-8-17-7-2-1-6-13(17)18/h1-7,10H,8-9H2,(H3,15,16). The van der Waals surface area contributed by atoms with Crippen molar-refractivity contribution in [1.82, 2.24) is 4.57 Å². The van der Waals surface area contributed by atoms with E-state index in [1.54, 1.807) is 47.2 Å². The Morgan fingerprint density at radius 3 is 2.84 bits per heavy atom. The molecule has 0 radical (unpaired) electrons. The maximum Gasteiger partial charge on any atom is 0.250 e. The number of nitrogens with two attached hydrogens (primary N) is 1. The van der Waals surface area contributed by atoms with Gasteiger partial charge in [-0.1, -0.05) is 18.2 Å². The molecule has 1 aromatic carbocycles. The number of pyridine rings is 1. The summed E-state index contributed by atoms with van der Waals surface area (Å²) in [6.45, 7) is 0.856. The van der Waals surface area contributed by atoms with Crippen LogP contribution in [-0.4, -0.2) is 17.0 Å². The highest BCUT2D eigenvalue weighted by atomic mass is 16.5. The number of hydrogen-bond acceptors (Lipinski definition) is 3. The molecule has 0 saturated heterocycles. The number of ether oxygens (including phenoxy) is 1. The predicted octanol–water partition coefficient (Wildman–Crippen LogP) is 1.21.